The Hall–Kier alpha value is -0.560. The highest BCUT2D eigenvalue weighted by molar-refractivity contribution is 9.10. The Labute approximate surface area is 91.9 Å². The van der Waals surface area contributed by atoms with Crippen molar-refractivity contribution in [2.75, 3.05) is 0 Å². The van der Waals surface area contributed by atoms with Crippen molar-refractivity contribution in [3.05, 3.63) is 33.8 Å². The Morgan fingerprint density at radius 3 is 2.79 bits per heavy atom. The first kappa shape index (κ1) is 11.5. The number of hydrogen-bond acceptors (Lipinski definition) is 3. The van der Waals surface area contributed by atoms with E-state index in [0.29, 0.717) is 15.6 Å². The summed E-state index contributed by atoms with van der Waals surface area (Å²) in [5, 5.41) is 0. The van der Waals surface area contributed by atoms with Gasteiger partial charge in [0.2, 0.25) is 0 Å². The summed E-state index contributed by atoms with van der Waals surface area (Å²) in [6.07, 6.45) is 0.722. The molecule has 1 atom stereocenters. The van der Waals surface area contributed by atoms with Gasteiger partial charge in [-0.1, -0.05) is 28.1 Å². The number of halogens is 1. The predicted molar refractivity (Wildman–Crippen MR) is 55.1 cm³/mol. The summed E-state index contributed by atoms with van der Waals surface area (Å²) in [5.41, 5.74) is 1.24. The third-order valence-corrected chi connectivity index (χ3v) is 2.59. The Balaban J connectivity index is 2.78. The zero-order valence-corrected chi connectivity index (χ0v) is 9.38. The first-order chi connectivity index (χ1) is 6.63. The molecule has 1 N–H and O–H groups in total. The quantitative estimate of drug-likeness (QED) is 0.675. The van der Waals surface area contributed by atoms with Gasteiger partial charge in [-0.05, 0) is 11.6 Å². The summed E-state index contributed by atoms with van der Waals surface area (Å²) in [6.45, 7) is 0.0167. The first-order valence-corrected chi connectivity index (χ1v) is 5.43. The summed E-state index contributed by atoms with van der Waals surface area (Å²) in [5.74, 6) is 0. The second-order valence-corrected chi connectivity index (χ2v) is 3.97. The molecule has 0 amide bonds. The Kier molecular flexibility index (Phi) is 4.40. The molecule has 0 saturated heterocycles. The smallest absolute Gasteiger partial charge is 0.298 e. The van der Waals surface area contributed by atoms with E-state index in [-0.39, 0.29) is 6.61 Å². The standard InChI is InChI=1S/C8H7BrO4S/c9-8-3-6(4-10)1-2-7(8)5-13-14(11)12/h1-4H,5H2,(H,11,12). The summed E-state index contributed by atoms with van der Waals surface area (Å²) in [7, 11) is 0. The fraction of sp³-hybridized carbons (Fsp3) is 0.125. The normalized spacial score (nSPS) is 12.4. The van der Waals surface area contributed by atoms with Gasteiger partial charge in [0.25, 0.3) is 0 Å². The van der Waals surface area contributed by atoms with Gasteiger partial charge < -0.3 is 0 Å². The summed E-state index contributed by atoms with van der Waals surface area (Å²) in [4.78, 5) is 10.4. The molecule has 0 spiro atoms. The molecule has 76 valence electrons. The van der Waals surface area contributed by atoms with E-state index in [1.807, 2.05) is 0 Å². The van der Waals surface area contributed by atoms with Gasteiger partial charge in [-0.15, -0.1) is 0 Å². The maximum absolute atomic E-state index is 10.4. The van der Waals surface area contributed by atoms with Gasteiger partial charge in [0, 0.05) is 10.0 Å². The van der Waals surface area contributed by atoms with Crippen molar-refractivity contribution in [1.29, 1.82) is 0 Å². The zero-order valence-electron chi connectivity index (χ0n) is 6.97. The van der Waals surface area contributed by atoms with Gasteiger partial charge in [0.15, 0.2) is 0 Å². The molecule has 14 heavy (non-hydrogen) atoms. The van der Waals surface area contributed by atoms with Gasteiger partial charge in [0.05, 0.1) is 6.61 Å². The molecule has 0 aliphatic heterocycles. The maximum atomic E-state index is 10.4. The minimum atomic E-state index is -2.27. The summed E-state index contributed by atoms with van der Waals surface area (Å²) < 4.78 is 23.8. The molecule has 0 radical (unpaired) electrons. The molecule has 1 unspecified atom stereocenters. The molecule has 1 rings (SSSR count). The van der Waals surface area contributed by atoms with Crippen LogP contribution in [0.3, 0.4) is 0 Å². The SMILES string of the molecule is O=Cc1ccc(COS(=O)O)c(Br)c1. The summed E-state index contributed by atoms with van der Waals surface area (Å²) >= 11 is 0.947. The van der Waals surface area contributed by atoms with Crippen molar-refractivity contribution in [3.8, 4) is 0 Å². The largest absolute Gasteiger partial charge is 0.302 e. The van der Waals surface area contributed by atoms with E-state index in [1.165, 1.54) is 0 Å². The van der Waals surface area contributed by atoms with E-state index in [1.54, 1.807) is 18.2 Å². The van der Waals surface area contributed by atoms with Crippen LogP contribution in [0.25, 0.3) is 0 Å². The van der Waals surface area contributed by atoms with Gasteiger partial charge in [-0.3, -0.25) is 13.5 Å². The van der Waals surface area contributed by atoms with E-state index < -0.39 is 11.4 Å². The average molecular weight is 279 g/mol. The Bertz CT molecular complexity index is 366. The van der Waals surface area contributed by atoms with Crippen molar-refractivity contribution in [1.82, 2.24) is 0 Å². The molecule has 6 heteroatoms. The third-order valence-electron chi connectivity index (χ3n) is 1.53. The molecular weight excluding hydrogens is 272 g/mol. The molecule has 0 saturated carbocycles. The molecule has 0 aliphatic rings. The Morgan fingerprint density at radius 2 is 2.29 bits per heavy atom. The lowest BCUT2D eigenvalue weighted by molar-refractivity contribution is 0.112. The van der Waals surface area contributed by atoms with Gasteiger partial charge >= 0.3 is 11.4 Å². The maximum Gasteiger partial charge on any atom is 0.302 e. The fourth-order valence-corrected chi connectivity index (χ4v) is 1.61. The minimum Gasteiger partial charge on any atom is -0.298 e. The van der Waals surface area contributed by atoms with Crippen LogP contribution >= 0.6 is 15.9 Å². The summed E-state index contributed by atoms with van der Waals surface area (Å²) in [6, 6.07) is 4.88. The van der Waals surface area contributed by atoms with Crippen LogP contribution in [0.4, 0.5) is 0 Å². The fourth-order valence-electron chi connectivity index (χ4n) is 0.868. The first-order valence-electron chi connectivity index (χ1n) is 3.61. The molecule has 1 aromatic carbocycles. The lowest BCUT2D eigenvalue weighted by Crippen LogP contribution is -1.97. The highest BCUT2D eigenvalue weighted by atomic mass is 79.9. The molecule has 0 aliphatic carbocycles. The predicted octanol–water partition coefficient (Wildman–Crippen LogP) is 1.91. The Morgan fingerprint density at radius 1 is 1.57 bits per heavy atom. The third kappa shape index (κ3) is 3.30. The second-order valence-electron chi connectivity index (χ2n) is 2.45. The van der Waals surface area contributed by atoms with Crippen LogP contribution in [0, 0.1) is 0 Å². The van der Waals surface area contributed by atoms with Crippen LogP contribution in [-0.2, 0) is 22.2 Å². The van der Waals surface area contributed by atoms with Crippen LogP contribution in [0.15, 0.2) is 22.7 Å². The number of carbonyl (C=O) groups is 1. The van der Waals surface area contributed by atoms with Crippen molar-refractivity contribution in [2.45, 2.75) is 6.61 Å². The zero-order chi connectivity index (χ0) is 10.6. The second kappa shape index (κ2) is 5.35. The van der Waals surface area contributed by atoms with Crippen molar-refractivity contribution in [2.24, 2.45) is 0 Å². The minimum absolute atomic E-state index is 0.0167. The van der Waals surface area contributed by atoms with E-state index in [9.17, 15) is 9.00 Å². The molecular formula is C8H7BrO4S. The van der Waals surface area contributed by atoms with Gasteiger partial charge in [-0.25, -0.2) is 0 Å². The van der Waals surface area contributed by atoms with Crippen LogP contribution in [0.5, 0.6) is 0 Å². The monoisotopic (exact) mass is 278 g/mol. The van der Waals surface area contributed by atoms with E-state index in [0.717, 1.165) is 6.29 Å². The molecule has 4 nitrogen and oxygen atoms in total. The molecule has 0 aromatic heterocycles. The van der Waals surface area contributed by atoms with E-state index in [2.05, 4.69) is 20.1 Å². The van der Waals surface area contributed by atoms with Crippen LogP contribution in [0.2, 0.25) is 0 Å². The van der Waals surface area contributed by atoms with Gasteiger partial charge in [-0.2, -0.15) is 4.21 Å². The molecule has 0 heterocycles. The van der Waals surface area contributed by atoms with E-state index in [4.69, 9.17) is 4.55 Å². The lowest BCUT2D eigenvalue weighted by atomic mass is 10.2. The van der Waals surface area contributed by atoms with E-state index >= 15 is 0 Å². The molecule has 0 fully saturated rings. The van der Waals surface area contributed by atoms with Crippen molar-refractivity contribution < 1.29 is 17.7 Å². The molecule has 1 aromatic rings. The number of rotatable bonds is 4. The number of carbonyl (C=O) groups excluding carboxylic acids is 1. The molecule has 0 bridgehead atoms. The van der Waals surface area contributed by atoms with Gasteiger partial charge in [0.1, 0.15) is 6.29 Å². The van der Waals surface area contributed by atoms with Crippen LogP contribution < -0.4 is 0 Å². The number of hydrogen-bond donors (Lipinski definition) is 1. The average Bonchev–Trinajstić information content (AvgIpc) is 2.15. The van der Waals surface area contributed by atoms with Crippen molar-refractivity contribution in [3.63, 3.8) is 0 Å². The van der Waals surface area contributed by atoms with Crippen molar-refractivity contribution >= 4 is 33.6 Å². The number of benzene rings is 1. The van der Waals surface area contributed by atoms with Crippen LogP contribution in [0.1, 0.15) is 15.9 Å². The van der Waals surface area contributed by atoms with Crippen LogP contribution in [-0.4, -0.2) is 15.0 Å². The topological polar surface area (TPSA) is 63.6 Å². The lowest BCUT2D eigenvalue weighted by Gasteiger charge is -2.03. The highest BCUT2D eigenvalue weighted by Gasteiger charge is 2.03. The number of aldehydes is 1. The highest BCUT2D eigenvalue weighted by Crippen LogP contribution is 2.18.